The first-order chi connectivity index (χ1) is 10.8. The SMILES string of the molecule is C=C[C@H]1[C@H](O[Si](C)(C)C(C)(C)C)[C@@H]2C[C@H]1C(C)=C(O)C(=O)C2(C)C. The van der Waals surface area contributed by atoms with E-state index in [1.165, 1.54) is 0 Å². The van der Waals surface area contributed by atoms with Gasteiger partial charge in [-0.15, -0.1) is 6.58 Å². The molecule has 0 aromatic rings. The van der Waals surface area contributed by atoms with E-state index in [1.54, 1.807) is 0 Å². The molecular weight excluding hydrogens is 316 g/mol. The largest absolute Gasteiger partial charge is 0.504 e. The quantitative estimate of drug-likeness (QED) is 0.558. The van der Waals surface area contributed by atoms with Crippen molar-refractivity contribution in [1.29, 1.82) is 0 Å². The van der Waals surface area contributed by atoms with Crippen LogP contribution in [0.1, 0.15) is 48.0 Å². The van der Waals surface area contributed by atoms with Crippen molar-refractivity contribution >= 4 is 14.1 Å². The first-order valence-electron chi connectivity index (χ1n) is 9.00. The van der Waals surface area contributed by atoms with E-state index in [0.717, 1.165) is 12.0 Å². The van der Waals surface area contributed by atoms with Crippen molar-refractivity contribution in [2.45, 2.75) is 72.2 Å². The fourth-order valence-corrected chi connectivity index (χ4v) is 5.39. The molecule has 4 heteroatoms. The van der Waals surface area contributed by atoms with Crippen LogP contribution >= 0.6 is 0 Å². The maximum Gasteiger partial charge on any atom is 0.202 e. The molecule has 0 aromatic heterocycles. The van der Waals surface area contributed by atoms with Gasteiger partial charge in [-0.3, -0.25) is 4.79 Å². The number of rotatable bonds is 3. The second-order valence-electron chi connectivity index (χ2n) is 9.69. The fraction of sp³-hybridized carbons (Fsp3) is 0.750. The number of Topliss-reactive ketones (excluding diaryl/α,β-unsaturated/α-hetero) is 1. The third kappa shape index (κ3) is 2.82. The van der Waals surface area contributed by atoms with Crippen LogP contribution < -0.4 is 0 Å². The van der Waals surface area contributed by atoms with Crippen LogP contribution in [0.4, 0.5) is 0 Å². The van der Waals surface area contributed by atoms with Crippen LogP contribution in [0.2, 0.25) is 18.1 Å². The Bertz CT molecular complexity index is 580. The first kappa shape index (κ1) is 19.5. The van der Waals surface area contributed by atoms with Crippen LogP contribution in [-0.4, -0.2) is 25.3 Å². The zero-order valence-electron chi connectivity index (χ0n) is 16.6. The van der Waals surface area contributed by atoms with Crippen molar-refractivity contribution in [1.82, 2.24) is 0 Å². The maximum absolute atomic E-state index is 12.8. The highest BCUT2D eigenvalue weighted by Gasteiger charge is 2.57. The van der Waals surface area contributed by atoms with Crippen LogP contribution in [0.3, 0.4) is 0 Å². The van der Waals surface area contributed by atoms with Gasteiger partial charge in [0.2, 0.25) is 5.78 Å². The van der Waals surface area contributed by atoms with Gasteiger partial charge in [0, 0.05) is 11.3 Å². The minimum Gasteiger partial charge on any atom is -0.504 e. The Hall–Kier alpha value is -0.873. The van der Waals surface area contributed by atoms with Gasteiger partial charge in [0.25, 0.3) is 0 Å². The van der Waals surface area contributed by atoms with Crippen molar-refractivity contribution in [3.8, 4) is 0 Å². The van der Waals surface area contributed by atoms with E-state index in [0.29, 0.717) is 0 Å². The van der Waals surface area contributed by atoms with Crippen LogP contribution in [0.15, 0.2) is 24.0 Å². The number of carbonyl (C=O) groups excluding carboxylic acids is 1. The Balaban J connectivity index is 2.51. The monoisotopic (exact) mass is 350 g/mol. The van der Waals surface area contributed by atoms with Crippen LogP contribution in [-0.2, 0) is 9.22 Å². The summed E-state index contributed by atoms with van der Waals surface area (Å²) in [6.45, 7) is 21.1. The lowest BCUT2D eigenvalue weighted by atomic mass is 9.72. The Labute approximate surface area is 148 Å². The number of fused-ring (bicyclic) bond motifs is 2. The van der Waals surface area contributed by atoms with E-state index in [4.69, 9.17) is 4.43 Å². The average molecular weight is 351 g/mol. The number of aliphatic hydroxyl groups is 1. The van der Waals surface area contributed by atoms with Gasteiger partial charge in [-0.2, -0.15) is 0 Å². The van der Waals surface area contributed by atoms with Crippen LogP contribution in [0.25, 0.3) is 0 Å². The molecule has 2 aliphatic carbocycles. The molecule has 0 heterocycles. The molecule has 2 aliphatic rings. The number of aliphatic hydroxyl groups excluding tert-OH is 1. The maximum atomic E-state index is 12.8. The summed E-state index contributed by atoms with van der Waals surface area (Å²) in [5.41, 5.74) is 0.187. The zero-order valence-corrected chi connectivity index (χ0v) is 17.6. The smallest absolute Gasteiger partial charge is 0.202 e. The molecule has 136 valence electrons. The van der Waals surface area contributed by atoms with Gasteiger partial charge in [-0.05, 0) is 48.9 Å². The number of ketones is 1. The van der Waals surface area contributed by atoms with E-state index in [-0.39, 0.29) is 40.4 Å². The summed E-state index contributed by atoms with van der Waals surface area (Å²) >= 11 is 0. The summed E-state index contributed by atoms with van der Waals surface area (Å²) in [4.78, 5) is 12.8. The van der Waals surface area contributed by atoms with Crippen molar-refractivity contribution < 1.29 is 14.3 Å². The van der Waals surface area contributed by atoms with E-state index >= 15 is 0 Å². The molecule has 4 atom stereocenters. The van der Waals surface area contributed by atoms with Crippen LogP contribution in [0, 0.1) is 23.2 Å². The molecule has 0 amide bonds. The van der Waals surface area contributed by atoms with Gasteiger partial charge in [-0.25, -0.2) is 0 Å². The van der Waals surface area contributed by atoms with E-state index < -0.39 is 13.7 Å². The highest BCUT2D eigenvalue weighted by Crippen LogP contribution is 2.55. The highest BCUT2D eigenvalue weighted by atomic mass is 28.4. The van der Waals surface area contributed by atoms with Crippen molar-refractivity contribution in [2.24, 2.45) is 23.2 Å². The highest BCUT2D eigenvalue weighted by molar-refractivity contribution is 6.74. The Morgan fingerprint density at radius 1 is 1.33 bits per heavy atom. The van der Waals surface area contributed by atoms with E-state index in [1.807, 2.05) is 26.8 Å². The molecule has 1 saturated carbocycles. The second kappa shape index (κ2) is 5.84. The summed E-state index contributed by atoms with van der Waals surface area (Å²) in [6.07, 6.45) is 2.85. The minimum absolute atomic E-state index is 0.00427. The molecule has 2 rings (SSSR count). The third-order valence-corrected chi connectivity index (χ3v) is 11.4. The molecule has 1 fully saturated rings. The summed E-state index contributed by atoms with van der Waals surface area (Å²) in [7, 11) is -1.97. The Morgan fingerprint density at radius 2 is 1.88 bits per heavy atom. The van der Waals surface area contributed by atoms with Gasteiger partial charge in [0.05, 0.1) is 6.10 Å². The van der Waals surface area contributed by atoms with Crippen molar-refractivity contribution in [2.75, 3.05) is 0 Å². The normalized spacial score (nSPS) is 33.6. The average Bonchev–Trinajstić information content (AvgIpc) is 2.79. The number of carbonyl (C=O) groups is 1. The molecule has 0 aromatic carbocycles. The minimum atomic E-state index is -1.97. The zero-order chi connectivity index (χ0) is 18.7. The summed E-state index contributed by atoms with van der Waals surface area (Å²) < 4.78 is 6.81. The number of hydrogen-bond donors (Lipinski definition) is 1. The molecular formula is C20H34O3Si. The lowest BCUT2D eigenvalue weighted by molar-refractivity contribution is -0.130. The molecule has 2 bridgehead atoms. The predicted octanol–water partition coefficient (Wildman–Crippen LogP) is 5.26. The molecule has 0 spiro atoms. The molecule has 1 N–H and O–H groups in total. The first-order valence-corrected chi connectivity index (χ1v) is 11.9. The third-order valence-electron chi connectivity index (χ3n) is 6.91. The van der Waals surface area contributed by atoms with E-state index in [2.05, 4.69) is 40.4 Å². The van der Waals surface area contributed by atoms with Gasteiger partial charge < -0.3 is 9.53 Å². The van der Waals surface area contributed by atoms with Gasteiger partial charge in [0.15, 0.2) is 14.1 Å². The number of allylic oxidation sites excluding steroid dienone is 2. The van der Waals surface area contributed by atoms with Gasteiger partial charge in [-0.1, -0.05) is 40.7 Å². The molecule has 24 heavy (non-hydrogen) atoms. The van der Waals surface area contributed by atoms with Gasteiger partial charge in [0.1, 0.15) is 0 Å². The fourth-order valence-electron chi connectivity index (χ4n) is 4.04. The molecule has 0 unspecified atom stereocenters. The lowest BCUT2D eigenvalue weighted by Crippen LogP contribution is -2.50. The molecule has 0 radical (unpaired) electrons. The predicted molar refractivity (Wildman–Crippen MR) is 101 cm³/mol. The second-order valence-corrected chi connectivity index (χ2v) is 14.4. The summed E-state index contributed by atoms with van der Waals surface area (Å²) in [5.74, 6) is 0.224. The number of hydrogen-bond acceptors (Lipinski definition) is 3. The molecule has 3 nitrogen and oxygen atoms in total. The van der Waals surface area contributed by atoms with E-state index in [9.17, 15) is 9.90 Å². The topological polar surface area (TPSA) is 46.5 Å². The summed E-state index contributed by atoms with van der Waals surface area (Å²) in [5, 5.41) is 10.5. The summed E-state index contributed by atoms with van der Waals surface area (Å²) in [6, 6.07) is 0. The lowest BCUT2D eigenvalue weighted by Gasteiger charge is -2.44. The van der Waals surface area contributed by atoms with Crippen LogP contribution in [0.5, 0.6) is 0 Å². The standard InChI is InChI=1S/C20H34O3Si/c1-10-13-14-11-15(17(13)23-24(8,9)19(3,4)5)20(6,7)18(22)16(21)12(14)2/h10,13-15,17,21H,1,11H2,2-9H3/t13-,14+,15+,17+/m1/s1. The Kier molecular flexibility index (Phi) is 4.73. The van der Waals surface area contributed by atoms with Crippen molar-refractivity contribution in [3.05, 3.63) is 24.0 Å². The Morgan fingerprint density at radius 3 is 2.33 bits per heavy atom. The van der Waals surface area contributed by atoms with Gasteiger partial charge >= 0.3 is 0 Å². The van der Waals surface area contributed by atoms with Crippen molar-refractivity contribution in [3.63, 3.8) is 0 Å². The molecule has 0 aliphatic heterocycles. The molecule has 0 saturated heterocycles.